The van der Waals surface area contributed by atoms with E-state index in [0.29, 0.717) is 16.7 Å². The van der Waals surface area contributed by atoms with Gasteiger partial charge in [-0.05, 0) is 43.9 Å². The molecule has 3 amide bonds. The molecule has 1 aromatic rings. The van der Waals surface area contributed by atoms with Crippen molar-refractivity contribution >= 4 is 17.7 Å². The van der Waals surface area contributed by atoms with E-state index in [-0.39, 0.29) is 29.8 Å². The molecule has 0 unspecified atom stereocenters. The van der Waals surface area contributed by atoms with Crippen LogP contribution in [0.3, 0.4) is 0 Å². The van der Waals surface area contributed by atoms with Crippen LogP contribution >= 0.6 is 0 Å². The van der Waals surface area contributed by atoms with Crippen LogP contribution in [0, 0.1) is 0 Å². The van der Waals surface area contributed by atoms with E-state index in [1.807, 2.05) is 0 Å². The molecule has 1 aliphatic heterocycles. The molecule has 0 saturated heterocycles. The molecule has 2 saturated carbocycles. The van der Waals surface area contributed by atoms with Crippen molar-refractivity contribution in [2.45, 2.75) is 69.9 Å². The van der Waals surface area contributed by atoms with E-state index in [1.54, 1.807) is 18.2 Å². The van der Waals surface area contributed by atoms with Crippen molar-refractivity contribution in [1.29, 1.82) is 0 Å². The molecule has 0 radical (unpaired) electrons. The normalized spacial score (nSPS) is 21.7. The zero-order chi connectivity index (χ0) is 17.4. The number of amides is 3. The van der Waals surface area contributed by atoms with E-state index in [2.05, 4.69) is 5.32 Å². The minimum absolute atomic E-state index is 0.0110. The Balaban J connectivity index is 1.55. The number of nitrogens with zero attached hydrogens (tertiary/aromatic N) is 1. The van der Waals surface area contributed by atoms with Gasteiger partial charge in [0.15, 0.2) is 0 Å². The van der Waals surface area contributed by atoms with Crippen molar-refractivity contribution in [3.05, 3.63) is 34.9 Å². The standard InChI is InChI=1S/C20H24N2O3/c23-18(21-14-6-4-5-7-14)13-10-11-16-17(12-13)20(25)22(19(16)24)15-8-2-1-3-9-15/h10-12,14-15H,1-9H2,(H,21,23). The first kappa shape index (κ1) is 16.3. The van der Waals surface area contributed by atoms with Crippen LogP contribution < -0.4 is 5.32 Å². The minimum Gasteiger partial charge on any atom is -0.349 e. The number of fused-ring (bicyclic) bond motifs is 1. The predicted octanol–water partition coefficient (Wildman–Crippen LogP) is 3.29. The molecule has 132 valence electrons. The van der Waals surface area contributed by atoms with E-state index in [9.17, 15) is 14.4 Å². The second kappa shape index (κ2) is 6.62. The lowest BCUT2D eigenvalue weighted by atomic mass is 9.94. The second-order valence-electron chi connectivity index (χ2n) is 7.49. The highest BCUT2D eigenvalue weighted by molar-refractivity contribution is 6.22. The van der Waals surface area contributed by atoms with Gasteiger partial charge in [-0.25, -0.2) is 0 Å². The van der Waals surface area contributed by atoms with E-state index in [0.717, 1.165) is 51.4 Å². The van der Waals surface area contributed by atoms with Crippen LogP contribution in [0.1, 0.15) is 88.9 Å². The largest absolute Gasteiger partial charge is 0.349 e. The number of imide groups is 1. The van der Waals surface area contributed by atoms with Crippen molar-refractivity contribution < 1.29 is 14.4 Å². The van der Waals surface area contributed by atoms with Gasteiger partial charge >= 0.3 is 0 Å². The fourth-order valence-electron chi connectivity index (χ4n) is 4.41. The molecule has 4 rings (SSSR count). The van der Waals surface area contributed by atoms with Crippen molar-refractivity contribution in [3.8, 4) is 0 Å². The summed E-state index contributed by atoms with van der Waals surface area (Å²) in [4.78, 5) is 39.4. The Kier molecular flexibility index (Phi) is 4.32. The number of carbonyl (C=O) groups excluding carboxylic acids is 3. The van der Waals surface area contributed by atoms with Crippen LogP contribution in [0.4, 0.5) is 0 Å². The van der Waals surface area contributed by atoms with E-state index in [1.165, 1.54) is 11.3 Å². The summed E-state index contributed by atoms with van der Waals surface area (Å²) in [7, 11) is 0. The van der Waals surface area contributed by atoms with Crippen molar-refractivity contribution in [3.63, 3.8) is 0 Å². The maximum absolute atomic E-state index is 12.8. The Morgan fingerprint density at radius 3 is 2.24 bits per heavy atom. The monoisotopic (exact) mass is 340 g/mol. The van der Waals surface area contributed by atoms with Crippen LogP contribution in [0.25, 0.3) is 0 Å². The molecule has 0 atom stereocenters. The van der Waals surface area contributed by atoms with Gasteiger partial charge in [-0.2, -0.15) is 0 Å². The summed E-state index contributed by atoms with van der Waals surface area (Å²) in [6, 6.07) is 5.15. The number of nitrogens with one attached hydrogen (secondary N) is 1. The van der Waals surface area contributed by atoms with Gasteiger partial charge in [-0.3, -0.25) is 19.3 Å². The number of rotatable bonds is 3. The maximum Gasteiger partial charge on any atom is 0.261 e. The van der Waals surface area contributed by atoms with Crippen molar-refractivity contribution in [2.75, 3.05) is 0 Å². The smallest absolute Gasteiger partial charge is 0.261 e. The van der Waals surface area contributed by atoms with Crippen LogP contribution in [0.15, 0.2) is 18.2 Å². The predicted molar refractivity (Wildman–Crippen MR) is 93.5 cm³/mol. The molecule has 5 heteroatoms. The molecule has 25 heavy (non-hydrogen) atoms. The van der Waals surface area contributed by atoms with Crippen LogP contribution in [0.5, 0.6) is 0 Å². The molecule has 2 fully saturated rings. The lowest BCUT2D eigenvalue weighted by Crippen LogP contribution is -2.40. The Morgan fingerprint density at radius 2 is 1.52 bits per heavy atom. The lowest BCUT2D eigenvalue weighted by Gasteiger charge is -2.29. The Morgan fingerprint density at radius 1 is 0.880 bits per heavy atom. The third kappa shape index (κ3) is 2.96. The molecule has 0 aromatic heterocycles. The zero-order valence-electron chi connectivity index (χ0n) is 14.4. The van der Waals surface area contributed by atoms with E-state index >= 15 is 0 Å². The molecule has 0 bridgehead atoms. The highest BCUT2D eigenvalue weighted by Crippen LogP contribution is 2.31. The van der Waals surface area contributed by atoms with E-state index < -0.39 is 0 Å². The van der Waals surface area contributed by atoms with Crippen LogP contribution in [0.2, 0.25) is 0 Å². The van der Waals surface area contributed by atoms with Gasteiger partial charge in [-0.15, -0.1) is 0 Å². The summed E-state index contributed by atoms with van der Waals surface area (Å²) in [5, 5.41) is 3.04. The zero-order valence-corrected chi connectivity index (χ0v) is 14.4. The van der Waals surface area contributed by atoms with Gasteiger partial charge in [0.1, 0.15) is 0 Å². The number of carbonyl (C=O) groups is 3. The highest BCUT2D eigenvalue weighted by Gasteiger charge is 2.40. The summed E-state index contributed by atoms with van der Waals surface area (Å²) in [5.41, 5.74) is 1.29. The minimum atomic E-state index is -0.234. The van der Waals surface area contributed by atoms with Crippen LogP contribution in [-0.4, -0.2) is 34.7 Å². The molecular formula is C20H24N2O3. The molecular weight excluding hydrogens is 316 g/mol. The number of benzene rings is 1. The maximum atomic E-state index is 12.8. The average molecular weight is 340 g/mol. The second-order valence-corrected chi connectivity index (χ2v) is 7.49. The van der Waals surface area contributed by atoms with Gasteiger partial charge in [0.2, 0.25) is 0 Å². The SMILES string of the molecule is O=C(NC1CCCC1)c1ccc2c(c1)C(=O)N(C1CCCCC1)C2=O. The quantitative estimate of drug-likeness (QED) is 0.859. The molecule has 1 heterocycles. The number of hydrogen-bond acceptors (Lipinski definition) is 3. The molecule has 2 aliphatic carbocycles. The molecule has 1 N–H and O–H groups in total. The fraction of sp³-hybridized carbons (Fsp3) is 0.550. The molecule has 1 aromatic carbocycles. The van der Waals surface area contributed by atoms with Gasteiger partial charge < -0.3 is 5.32 Å². The first-order chi connectivity index (χ1) is 12.1. The first-order valence-electron chi connectivity index (χ1n) is 9.48. The third-order valence-corrected chi connectivity index (χ3v) is 5.81. The Labute approximate surface area is 147 Å². The van der Waals surface area contributed by atoms with Gasteiger partial charge in [0, 0.05) is 17.6 Å². The summed E-state index contributed by atoms with van der Waals surface area (Å²) in [5.74, 6) is -0.580. The molecule has 5 nitrogen and oxygen atoms in total. The van der Waals surface area contributed by atoms with Gasteiger partial charge in [0.25, 0.3) is 17.7 Å². The average Bonchev–Trinajstić information content (AvgIpc) is 3.23. The highest BCUT2D eigenvalue weighted by atomic mass is 16.2. The van der Waals surface area contributed by atoms with E-state index in [4.69, 9.17) is 0 Å². The topological polar surface area (TPSA) is 66.5 Å². The summed E-state index contributed by atoms with van der Waals surface area (Å²) in [6.07, 6.45) is 9.41. The molecule has 3 aliphatic rings. The fourth-order valence-corrected chi connectivity index (χ4v) is 4.41. The third-order valence-electron chi connectivity index (χ3n) is 5.81. The Bertz CT molecular complexity index is 716. The van der Waals surface area contributed by atoms with Crippen molar-refractivity contribution in [2.24, 2.45) is 0 Å². The summed E-state index contributed by atoms with van der Waals surface area (Å²) >= 11 is 0. The van der Waals surface area contributed by atoms with Crippen molar-refractivity contribution in [1.82, 2.24) is 10.2 Å². The Hall–Kier alpha value is -2.17. The van der Waals surface area contributed by atoms with Crippen LogP contribution in [-0.2, 0) is 0 Å². The summed E-state index contributed by atoms with van der Waals surface area (Å²) < 4.78 is 0. The molecule has 0 spiro atoms. The van der Waals surface area contributed by atoms with Gasteiger partial charge in [-0.1, -0.05) is 32.1 Å². The first-order valence-corrected chi connectivity index (χ1v) is 9.48. The van der Waals surface area contributed by atoms with Gasteiger partial charge in [0.05, 0.1) is 11.1 Å². The lowest BCUT2D eigenvalue weighted by molar-refractivity contribution is 0.0549. The number of hydrogen-bond donors (Lipinski definition) is 1. The summed E-state index contributed by atoms with van der Waals surface area (Å²) in [6.45, 7) is 0.